The molecule has 7 nitrogen and oxygen atoms in total. The summed E-state index contributed by atoms with van der Waals surface area (Å²) < 4.78 is 39.8. The minimum atomic E-state index is -4.41. The molecular weight excluding hydrogens is 507 g/mol. The van der Waals surface area contributed by atoms with Crippen molar-refractivity contribution in [2.45, 2.75) is 102 Å². The molecule has 0 bridgehead atoms. The summed E-state index contributed by atoms with van der Waals surface area (Å²) in [4.78, 5) is 34.1. The molecule has 3 heterocycles. The molecule has 2 aliphatic carbocycles. The van der Waals surface area contributed by atoms with Gasteiger partial charge in [0.25, 0.3) is 0 Å². The van der Waals surface area contributed by atoms with Gasteiger partial charge in [0.05, 0.1) is 17.0 Å². The number of aromatic nitrogens is 1. The zero-order valence-corrected chi connectivity index (χ0v) is 23.3. The Balaban J connectivity index is 1.21. The van der Waals surface area contributed by atoms with E-state index in [0.717, 1.165) is 57.1 Å². The highest BCUT2D eigenvalue weighted by Crippen LogP contribution is 2.53. The molecule has 1 aromatic heterocycles. The van der Waals surface area contributed by atoms with Gasteiger partial charge in [-0.05, 0) is 76.3 Å². The molecule has 4 aliphatic rings. The van der Waals surface area contributed by atoms with Crippen LogP contribution in [0.3, 0.4) is 0 Å². The first-order valence-corrected chi connectivity index (χ1v) is 14.6. The summed E-state index contributed by atoms with van der Waals surface area (Å²) in [5.74, 6) is 1.26. The van der Waals surface area contributed by atoms with Crippen molar-refractivity contribution < 1.29 is 22.8 Å². The van der Waals surface area contributed by atoms with E-state index in [-0.39, 0.29) is 35.9 Å². The molecule has 1 aromatic rings. The maximum absolute atomic E-state index is 13.8. The average Bonchev–Trinajstić information content (AvgIpc) is 3.57. The number of anilines is 1. The molecule has 4 unspecified atom stereocenters. The van der Waals surface area contributed by atoms with Crippen molar-refractivity contribution in [3.8, 4) is 0 Å². The molecule has 1 spiro atoms. The molecule has 4 fully saturated rings. The Bertz CT molecular complexity index is 1070. The molecule has 216 valence electrons. The minimum Gasteiger partial charge on any atom is -0.354 e. The molecule has 6 atom stereocenters. The largest absolute Gasteiger partial charge is 0.416 e. The lowest BCUT2D eigenvalue weighted by Crippen LogP contribution is -2.53. The number of piperazine rings is 1. The lowest BCUT2D eigenvalue weighted by molar-refractivity contribution is -0.138. The Morgan fingerprint density at radius 2 is 2.03 bits per heavy atom. The Hall–Kier alpha value is -2.36. The third-order valence-corrected chi connectivity index (χ3v) is 9.80. The molecule has 2 saturated heterocycles. The highest BCUT2D eigenvalue weighted by molar-refractivity contribution is 5.87. The highest BCUT2D eigenvalue weighted by Gasteiger charge is 2.60. The fraction of sp³-hybridized carbons (Fsp3) is 0.759. The molecule has 5 rings (SSSR count). The second kappa shape index (κ2) is 10.9. The second-order valence-electron chi connectivity index (χ2n) is 12.5. The van der Waals surface area contributed by atoms with E-state index >= 15 is 0 Å². The van der Waals surface area contributed by atoms with Crippen LogP contribution in [-0.4, -0.2) is 65.5 Å². The Labute approximate surface area is 229 Å². The third-order valence-electron chi connectivity index (χ3n) is 9.80. The van der Waals surface area contributed by atoms with Gasteiger partial charge in [0, 0.05) is 50.4 Å². The predicted octanol–water partition coefficient (Wildman–Crippen LogP) is 4.37. The van der Waals surface area contributed by atoms with Gasteiger partial charge in [-0.3, -0.25) is 9.59 Å². The summed E-state index contributed by atoms with van der Waals surface area (Å²) >= 11 is 0. The number of nitrogens with one attached hydrogen (secondary N) is 2. The normalized spacial score (nSPS) is 32.9. The van der Waals surface area contributed by atoms with Crippen LogP contribution in [0.1, 0.15) is 77.7 Å². The lowest BCUT2D eigenvalue weighted by atomic mass is 9.74. The summed E-state index contributed by atoms with van der Waals surface area (Å²) in [6.07, 6.45) is 4.25. The molecular formula is C29H42F3N5O2. The van der Waals surface area contributed by atoms with Crippen molar-refractivity contribution in [3.63, 3.8) is 0 Å². The molecule has 2 aliphatic heterocycles. The van der Waals surface area contributed by atoms with Crippen LogP contribution in [0.2, 0.25) is 0 Å². The quantitative estimate of drug-likeness (QED) is 0.528. The smallest absolute Gasteiger partial charge is 0.354 e. The standard InChI is InChI=1S/C29H42F3N5O2/c1-18(2)34-26(38)8-7-20-5-4-6-23(20)35-22-9-11-28(16-22)19(3)24-17-36(13-14-37(24)27(28)39)25-15-21(10-12-33-25)29(30,31)32/h10,12,15,18-20,22-24,35H,4-9,11,13-14,16-17H2,1-3H3,(H,34,38)/t19?,20?,22-,23?,24?,28+/m1/s1. The van der Waals surface area contributed by atoms with E-state index in [1.165, 1.54) is 6.20 Å². The average molecular weight is 550 g/mol. The zero-order chi connectivity index (χ0) is 27.9. The van der Waals surface area contributed by atoms with Crippen LogP contribution in [-0.2, 0) is 15.8 Å². The van der Waals surface area contributed by atoms with Gasteiger partial charge in [-0.25, -0.2) is 4.98 Å². The van der Waals surface area contributed by atoms with E-state index in [1.54, 1.807) is 0 Å². The number of nitrogens with zero attached hydrogens (tertiary/aromatic N) is 3. The monoisotopic (exact) mass is 549 g/mol. The van der Waals surface area contributed by atoms with E-state index < -0.39 is 17.2 Å². The first-order valence-electron chi connectivity index (χ1n) is 14.6. The van der Waals surface area contributed by atoms with Crippen LogP contribution in [0.15, 0.2) is 18.3 Å². The molecule has 10 heteroatoms. The topological polar surface area (TPSA) is 77.6 Å². The molecule has 2 amide bonds. The van der Waals surface area contributed by atoms with Crippen LogP contribution in [0.25, 0.3) is 0 Å². The Morgan fingerprint density at radius 3 is 2.77 bits per heavy atom. The van der Waals surface area contributed by atoms with Crippen LogP contribution < -0.4 is 15.5 Å². The third kappa shape index (κ3) is 5.63. The summed E-state index contributed by atoms with van der Waals surface area (Å²) in [6.45, 7) is 7.60. The minimum absolute atomic E-state index is 0.0277. The summed E-state index contributed by atoms with van der Waals surface area (Å²) in [6, 6.07) is 2.90. The fourth-order valence-corrected chi connectivity index (χ4v) is 7.76. The Kier molecular flexibility index (Phi) is 7.87. The van der Waals surface area contributed by atoms with Crippen molar-refractivity contribution >= 4 is 17.6 Å². The molecule has 0 aromatic carbocycles. The van der Waals surface area contributed by atoms with E-state index in [1.807, 2.05) is 23.6 Å². The van der Waals surface area contributed by atoms with Gasteiger partial charge >= 0.3 is 6.18 Å². The number of amides is 2. The molecule has 39 heavy (non-hydrogen) atoms. The first kappa shape index (κ1) is 28.2. The van der Waals surface area contributed by atoms with Gasteiger partial charge in [-0.15, -0.1) is 0 Å². The molecule has 0 radical (unpaired) electrons. The van der Waals surface area contributed by atoms with Crippen molar-refractivity contribution in [2.24, 2.45) is 17.3 Å². The molecule has 2 N–H and O–H groups in total. The predicted molar refractivity (Wildman–Crippen MR) is 143 cm³/mol. The maximum atomic E-state index is 13.8. The van der Waals surface area contributed by atoms with Crippen LogP contribution in [0.5, 0.6) is 0 Å². The molecule has 2 saturated carbocycles. The number of alkyl halides is 3. The van der Waals surface area contributed by atoms with Crippen molar-refractivity contribution in [2.75, 3.05) is 24.5 Å². The van der Waals surface area contributed by atoms with Gasteiger partial charge in [-0.1, -0.05) is 13.3 Å². The number of hydrogen-bond acceptors (Lipinski definition) is 5. The van der Waals surface area contributed by atoms with Crippen molar-refractivity contribution in [3.05, 3.63) is 23.9 Å². The summed E-state index contributed by atoms with van der Waals surface area (Å²) in [5, 5.41) is 6.88. The number of pyridine rings is 1. The van der Waals surface area contributed by atoms with E-state index in [0.29, 0.717) is 43.8 Å². The van der Waals surface area contributed by atoms with Gasteiger partial charge in [-0.2, -0.15) is 13.2 Å². The first-order chi connectivity index (χ1) is 18.5. The van der Waals surface area contributed by atoms with E-state index in [4.69, 9.17) is 0 Å². The lowest BCUT2D eigenvalue weighted by Gasteiger charge is -2.39. The van der Waals surface area contributed by atoms with Crippen LogP contribution >= 0.6 is 0 Å². The number of fused-ring (bicyclic) bond motifs is 1. The van der Waals surface area contributed by atoms with E-state index in [2.05, 4.69) is 22.5 Å². The fourth-order valence-electron chi connectivity index (χ4n) is 7.76. The second-order valence-corrected chi connectivity index (χ2v) is 12.5. The number of carbonyl (C=O) groups is 2. The SMILES string of the molecule is CC(C)NC(=O)CCC1CCCC1N[C@@H]1CC[C@@]2(C1)C(=O)N1CCN(c3cc(C(F)(F)F)ccn3)CC1C2C. The van der Waals surface area contributed by atoms with Crippen LogP contribution in [0.4, 0.5) is 19.0 Å². The number of halogens is 3. The van der Waals surface area contributed by atoms with Crippen LogP contribution in [0, 0.1) is 17.3 Å². The summed E-state index contributed by atoms with van der Waals surface area (Å²) in [5.41, 5.74) is -1.11. The van der Waals surface area contributed by atoms with Gasteiger partial charge < -0.3 is 20.4 Å². The summed E-state index contributed by atoms with van der Waals surface area (Å²) in [7, 11) is 0. The zero-order valence-electron chi connectivity index (χ0n) is 23.3. The van der Waals surface area contributed by atoms with Gasteiger partial charge in [0.2, 0.25) is 11.8 Å². The Morgan fingerprint density at radius 1 is 1.23 bits per heavy atom. The maximum Gasteiger partial charge on any atom is 0.416 e. The van der Waals surface area contributed by atoms with Crippen molar-refractivity contribution in [1.82, 2.24) is 20.5 Å². The number of carbonyl (C=O) groups excluding carboxylic acids is 2. The van der Waals surface area contributed by atoms with Crippen molar-refractivity contribution in [1.29, 1.82) is 0 Å². The van der Waals surface area contributed by atoms with Gasteiger partial charge in [0.1, 0.15) is 5.82 Å². The highest BCUT2D eigenvalue weighted by atomic mass is 19.4. The number of hydrogen-bond donors (Lipinski definition) is 2. The van der Waals surface area contributed by atoms with E-state index in [9.17, 15) is 22.8 Å². The van der Waals surface area contributed by atoms with Gasteiger partial charge in [0.15, 0.2) is 0 Å². The number of rotatable bonds is 7.